The van der Waals surface area contributed by atoms with Crippen LogP contribution in [0.25, 0.3) is 0 Å². The summed E-state index contributed by atoms with van der Waals surface area (Å²) in [7, 11) is 0. The second-order valence-electron chi connectivity index (χ2n) is 4.84. The summed E-state index contributed by atoms with van der Waals surface area (Å²) >= 11 is 0. The van der Waals surface area contributed by atoms with Crippen LogP contribution < -0.4 is 10.6 Å². The molecule has 0 aromatic heterocycles. The number of nitrogens with zero attached hydrogens (tertiary/aromatic N) is 1. The van der Waals surface area contributed by atoms with E-state index in [2.05, 4.69) is 43.0 Å². The molecule has 0 radical (unpaired) electrons. The van der Waals surface area contributed by atoms with Crippen LogP contribution in [0.1, 0.15) is 25.3 Å². The van der Waals surface area contributed by atoms with Crippen molar-refractivity contribution in [3.05, 3.63) is 29.8 Å². The van der Waals surface area contributed by atoms with E-state index in [9.17, 15) is 0 Å². The fourth-order valence-electron chi connectivity index (χ4n) is 2.13. The van der Waals surface area contributed by atoms with E-state index in [0.29, 0.717) is 5.92 Å². The van der Waals surface area contributed by atoms with Gasteiger partial charge in [0, 0.05) is 24.8 Å². The molecule has 2 N–H and O–H groups in total. The van der Waals surface area contributed by atoms with Gasteiger partial charge < -0.3 is 15.4 Å². The van der Waals surface area contributed by atoms with Crippen molar-refractivity contribution in [2.75, 3.05) is 31.2 Å². The fraction of sp³-hybridized carbons (Fsp3) is 0.571. The van der Waals surface area contributed by atoms with Gasteiger partial charge >= 0.3 is 0 Å². The molecule has 2 unspecified atom stereocenters. The third kappa shape index (κ3) is 2.99. The minimum absolute atomic E-state index is 0.190. The number of anilines is 1. The molecular weight excluding hydrogens is 212 g/mol. The monoisotopic (exact) mass is 234 g/mol. The summed E-state index contributed by atoms with van der Waals surface area (Å²) < 4.78 is 5.38. The lowest BCUT2D eigenvalue weighted by atomic mass is 9.94. The Morgan fingerprint density at radius 3 is 2.59 bits per heavy atom. The first-order valence-electron chi connectivity index (χ1n) is 6.36. The van der Waals surface area contributed by atoms with Crippen LogP contribution in [-0.2, 0) is 4.74 Å². The molecule has 0 aliphatic carbocycles. The third-order valence-corrected chi connectivity index (χ3v) is 3.56. The van der Waals surface area contributed by atoms with E-state index in [1.807, 2.05) is 0 Å². The highest BCUT2D eigenvalue weighted by Gasteiger charge is 2.14. The molecule has 0 amide bonds. The minimum atomic E-state index is 0.190. The van der Waals surface area contributed by atoms with Crippen molar-refractivity contribution in [1.82, 2.24) is 0 Å². The maximum Gasteiger partial charge on any atom is 0.0642 e. The summed E-state index contributed by atoms with van der Waals surface area (Å²) in [4.78, 5) is 2.38. The third-order valence-electron chi connectivity index (χ3n) is 3.56. The molecule has 3 nitrogen and oxygen atoms in total. The zero-order chi connectivity index (χ0) is 12.3. The Balaban J connectivity index is 2.15. The predicted octanol–water partition coefficient (Wildman–Crippen LogP) is 1.97. The van der Waals surface area contributed by atoms with E-state index < -0.39 is 0 Å². The van der Waals surface area contributed by atoms with Crippen LogP contribution >= 0.6 is 0 Å². The molecule has 1 aromatic carbocycles. The number of nitrogens with two attached hydrogens (primary N) is 1. The number of benzene rings is 1. The molecule has 1 heterocycles. The normalized spacial score (nSPS) is 20.1. The lowest BCUT2D eigenvalue weighted by molar-refractivity contribution is 0.122. The largest absolute Gasteiger partial charge is 0.378 e. The van der Waals surface area contributed by atoms with Crippen LogP contribution in [-0.4, -0.2) is 32.3 Å². The highest BCUT2D eigenvalue weighted by Crippen LogP contribution is 2.24. The maximum absolute atomic E-state index is 5.96. The van der Waals surface area contributed by atoms with Gasteiger partial charge in [0.2, 0.25) is 0 Å². The van der Waals surface area contributed by atoms with E-state index in [-0.39, 0.29) is 6.04 Å². The van der Waals surface area contributed by atoms with Crippen LogP contribution in [0.15, 0.2) is 24.3 Å². The molecule has 1 aromatic rings. The van der Waals surface area contributed by atoms with Crippen LogP contribution in [0.5, 0.6) is 0 Å². The van der Waals surface area contributed by atoms with Gasteiger partial charge in [-0.15, -0.1) is 0 Å². The summed E-state index contributed by atoms with van der Waals surface area (Å²) in [6.07, 6.45) is 0. The Hall–Kier alpha value is -1.06. The molecule has 1 fully saturated rings. The van der Waals surface area contributed by atoms with Crippen molar-refractivity contribution in [3.63, 3.8) is 0 Å². The van der Waals surface area contributed by atoms with Crippen LogP contribution in [0.3, 0.4) is 0 Å². The van der Waals surface area contributed by atoms with Gasteiger partial charge in [-0.05, 0) is 30.5 Å². The van der Waals surface area contributed by atoms with Crippen molar-refractivity contribution >= 4 is 5.69 Å². The quantitative estimate of drug-likeness (QED) is 0.869. The van der Waals surface area contributed by atoms with Crippen molar-refractivity contribution < 1.29 is 4.74 Å². The van der Waals surface area contributed by atoms with Gasteiger partial charge in [0.05, 0.1) is 13.2 Å². The molecule has 2 rings (SSSR count). The summed E-state index contributed by atoms with van der Waals surface area (Å²) in [5, 5.41) is 0. The van der Waals surface area contributed by atoms with E-state index in [1.165, 1.54) is 11.3 Å². The van der Waals surface area contributed by atoms with E-state index in [4.69, 9.17) is 10.5 Å². The Morgan fingerprint density at radius 1 is 1.24 bits per heavy atom. The van der Waals surface area contributed by atoms with Crippen LogP contribution in [0, 0.1) is 0 Å². The zero-order valence-electron chi connectivity index (χ0n) is 10.7. The highest BCUT2D eigenvalue weighted by atomic mass is 16.5. The SMILES string of the molecule is CC(N)C(C)c1cccc(N2CCOCC2)c1. The first-order chi connectivity index (χ1) is 8.18. The van der Waals surface area contributed by atoms with Gasteiger partial charge in [0.25, 0.3) is 0 Å². The number of hydrogen-bond acceptors (Lipinski definition) is 3. The molecule has 0 spiro atoms. The Kier molecular flexibility index (Phi) is 4.02. The van der Waals surface area contributed by atoms with E-state index >= 15 is 0 Å². The molecule has 2 atom stereocenters. The molecule has 1 saturated heterocycles. The van der Waals surface area contributed by atoms with Crippen LogP contribution in [0.2, 0.25) is 0 Å². The molecule has 0 saturated carbocycles. The van der Waals surface area contributed by atoms with Gasteiger partial charge in [-0.25, -0.2) is 0 Å². The Bertz CT molecular complexity index is 359. The lowest BCUT2D eigenvalue weighted by Crippen LogP contribution is -2.36. The average Bonchev–Trinajstić information content (AvgIpc) is 2.39. The number of hydrogen-bond donors (Lipinski definition) is 1. The van der Waals surface area contributed by atoms with Crippen LogP contribution in [0.4, 0.5) is 5.69 Å². The molecule has 1 aliphatic heterocycles. The topological polar surface area (TPSA) is 38.5 Å². The van der Waals surface area contributed by atoms with Crippen molar-refractivity contribution in [3.8, 4) is 0 Å². The van der Waals surface area contributed by atoms with Gasteiger partial charge in [-0.1, -0.05) is 19.1 Å². The Labute approximate surface area is 104 Å². The standard InChI is InChI=1S/C14H22N2O/c1-11(12(2)15)13-4-3-5-14(10-13)16-6-8-17-9-7-16/h3-5,10-12H,6-9,15H2,1-2H3. The van der Waals surface area contributed by atoms with Crippen molar-refractivity contribution in [1.29, 1.82) is 0 Å². The first-order valence-corrected chi connectivity index (χ1v) is 6.36. The molecule has 17 heavy (non-hydrogen) atoms. The molecule has 0 bridgehead atoms. The summed E-state index contributed by atoms with van der Waals surface area (Å²) in [6, 6.07) is 8.91. The van der Waals surface area contributed by atoms with Gasteiger partial charge in [0.15, 0.2) is 0 Å². The zero-order valence-corrected chi connectivity index (χ0v) is 10.7. The molecule has 94 valence electrons. The van der Waals surface area contributed by atoms with Gasteiger partial charge in [-0.2, -0.15) is 0 Å². The van der Waals surface area contributed by atoms with Gasteiger partial charge in [-0.3, -0.25) is 0 Å². The minimum Gasteiger partial charge on any atom is -0.378 e. The van der Waals surface area contributed by atoms with E-state index in [0.717, 1.165) is 26.3 Å². The summed E-state index contributed by atoms with van der Waals surface area (Å²) in [5.74, 6) is 0.399. The number of rotatable bonds is 3. The second kappa shape index (κ2) is 5.52. The van der Waals surface area contributed by atoms with Crippen molar-refractivity contribution in [2.24, 2.45) is 5.73 Å². The van der Waals surface area contributed by atoms with Crippen molar-refractivity contribution in [2.45, 2.75) is 25.8 Å². The Morgan fingerprint density at radius 2 is 1.94 bits per heavy atom. The first kappa shape index (κ1) is 12.4. The number of ether oxygens (including phenoxy) is 1. The molecular formula is C14H22N2O. The number of morpholine rings is 1. The maximum atomic E-state index is 5.96. The average molecular weight is 234 g/mol. The lowest BCUT2D eigenvalue weighted by Gasteiger charge is -2.29. The molecule has 1 aliphatic rings. The molecule has 3 heteroatoms. The van der Waals surface area contributed by atoms with Gasteiger partial charge in [0.1, 0.15) is 0 Å². The fourth-order valence-corrected chi connectivity index (χ4v) is 2.13. The second-order valence-corrected chi connectivity index (χ2v) is 4.84. The summed E-state index contributed by atoms with van der Waals surface area (Å²) in [6.45, 7) is 7.86. The van der Waals surface area contributed by atoms with E-state index in [1.54, 1.807) is 0 Å². The summed E-state index contributed by atoms with van der Waals surface area (Å²) in [5.41, 5.74) is 8.58. The smallest absolute Gasteiger partial charge is 0.0642 e. The highest BCUT2D eigenvalue weighted by molar-refractivity contribution is 5.49. The predicted molar refractivity (Wildman–Crippen MR) is 71.5 cm³/mol.